The summed E-state index contributed by atoms with van der Waals surface area (Å²) in [5, 5.41) is 2.87. The van der Waals surface area contributed by atoms with Gasteiger partial charge in [-0.3, -0.25) is 14.8 Å². The summed E-state index contributed by atoms with van der Waals surface area (Å²) in [4.78, 5) is 22.3. The van der Waals surface area contributed by atoms with E-state index in [0.717, 1.165) is 35.7 Å². The van der Waals surface area contributed by atoms with E-state index in [2.05, 4.69) is 15.3 Å². The van der Waals surface area contributed by atoms with E-state index in [9.17, 15) is 4.79 Å². The van der Waals surface area contributed by atoms with Crippen LogP contribution in [0.2, 0.25) is 0 Å². The van der Waals surface area contributed by atoms with Crippen LogP contribution in [-0.2, 0) is 11.3 Å². The molecule has 3 rings (SSSR count). The molecule has 2 aromatic heterocycles. The van der Waals surface area contributed by atoms with Crippen molar-refractivity contribution in [2.75, 3.05) is 6.61 Å². The van der Waals surface area contributed by atoms with Gasteiger partial charge in [0.2, 0.25) is 0 Å². The lowest BCUT2D eigenvalue weighted by Crippen LogP contribution is -2.22. The number of carbonyl (C=O) groups excluding carboxylic acids is 1. The van der Waals surface area contributed by atoms with Gasteiger partial charge >= 0.3 is 0 Å². The summed E-state index contributed by atoms with van der Waals surface area (Å²) in [6.07, 6.45) is 5.68. The van der Waals surface area contributed by atoms with Crippen LogP contribution < -0.4 is 5.32 Å². The first-order chi connectivity index (χ1) is 10.2. The number of amides is 1. The second-order valence-electron chi connectivity index (χ2n) is 5.04. The highest BCUT2D eigenvalue weighted by Gasteiger charge is 2.20. The molecule has 3 heterocycles. The molecule has 0 aromatic carbocycles. The fourth-order valence-electron chi connectivity index (χ4n) is 2.22. The van der Waals surface area contributed by atoms with Crippen molar-refractivity contribution in [3.05, 3.63) is 45.7 Å². The Morgan fingerprint density at radius 3 is 3.05 bits per heavy atom. The van der Waals surface area contributed by atoms with Gasteiger partial charge in [-0.15, -0.1) is 11.3 Å². The second kappa shape index (κ2) is 6.32. The van der Waals surface area contributed by atoms with Crippen molar-refractivity contribution in [2.24, 2.45) is 0 Å². The second-order valence-corrected chi connectivity index (χ2v) is 6.15. The van der Waals surface area contributed by atoms with Gasteiger partial charge in [-0.25, -0.2) is 0 Å². The Morgan fingerprint density at radius 2 is 2.33 bits per heavy atom. The van der Waals surface area contributed by atoms with Crippen LogP contribution in [0.1, 0.15) is 44.9 Å². The summed E-state index contributed by atoms with van der Waals surface area (Å²) < 4.78 is 5.63. The Morgan fingerprint density at radius 1 is 1.43 bits per heavy atom. The number of carbonyl (C=O) groups is 1. The Kier molecular flexibility index (Phi) is 4.26. The van der Waals surface area contributed by atoms with Gasteiger partial charge in [-0.05, 0) is 31.9 Å². The van der Waals surface area contributed by atoms with E-state index in [4.69, 9.17) is 4.74 Å². The molecule has 1 aliphatic rings. The number of hydrogen-bond donors (Lipinski definition) is 1. The molecule has 0 spiro atoms. The number of thiophene rings is 1. The number of aromatic nitrogens is 2. The molecule has 1 amide bonds. The van der Waals surface area contributed by atoms with E-state index < -0.39 is 0 Å². The monoisotopic (exact) mass is 303 g/mol. The predicted octanol–water partition coefficient (Wildman–Crippen LogP) is 2.63. The average Bonchev–Trinajstić information content (AvgIpc) is 3.17. The highest BCUT2D eigenvalue weighted by atomic mass is 32.1. The molecule has 0 radical (unpaired) electrons. The van der Waals surface area contributed by atoms with Crippen LogP contribution in [0.4, 0.5) is 0 Å². The number of aryl methyl sites for hydroxylation is 1. The van der Waals surface area contributed by atoms with E-state index in [1.54, 1.807) is 12.4 Å². The van der Waals surface area contributed by atoms with E-state index in [1.165, 1.54) is 11.3 Å². The number of nitrogens with one attached hydrogen (secondary N) is 1. The van der Waals surface area contributed by atoms with Crippen molar-refractivity contribution in [1.29, 1.82) is 0 Å². The quantitative estimate of drug-likeness (QED) is 0.943. The molecular formula is C15H17N3O2S. The number of ether oxygens (including phenoxy) is 1. The average molecular weight is 303 g/mol. The molecule has 1 fully saturated rings. The van der Waals surface area contributed by atoms with Crippen LogP contribution >= 0.6 is 11.3 Å². The van der Waals surface area contributed by atoms with Crippen molar-refractivity contribution in [1.82, 2.24) is 15.3 Å². The maximum absolute atomic E-state index is 12.1. The van der Waals surface area contributed by atoms with E-state index in [0.29, 0.717) is 11.4 Å². The molecule has 1 saturated heterocycles. The van der Waals surface area contributed by atoms with Crippen LogP contribution in [0.3, 0.4) is 0 Å². The molecule has 5 nitrogen and oxygen atoms in total. The normalized spacial score (nSPS) is 17.9. The Bertz CT molecular complexity index is 618. The summed E-state index contributed by atoms with van der Waals surface area (Å²) in [5.41, 5.74) is 1.62. The molecule has 1 aliphatic heterocycles. The minimum atomic E-state index is -0.0772. The third kappa shape index (κ3) is 3.46. The third-order valence-corrected chi connectivity index (χ3v) is 4.54. The topological polar surface area (TPSA) is 64.1 Å². The lowest BCUT2D eigenvalue weighted by atomic mass is 10.2. The van der Waals surface area contributed by atoms with Gasteiger partial charge in [0.25, 0.3) is 5.91 Å². The van der Waals surface area contributed by atoms with Crippen molar-refractivity contribution >= 4 is 17.2 Å². The molecule has 1 N–H and O–H groups in total. The van der Waals surface area contributed by atoms with Crippen LogP contribution in [0.5, 0.6) is 0 Å². The zero-order chi connectivity index (χ0) is 14.7. The lowest BCUT2D eigenvalue weighted by molar-refractivity contribution is 0.0954. The first-order valence-corrected chi connectivity index (χ1v) is 7.81. The molecule has 0 bridgehead atoms. The Hall–Kier alpha value is -1.79. The molecule has 6 heteroatoms. The summed E-state index contributed by atoms with van der Waals surface area (Å²) in [7, 11) is 0. The fraction of sp³-hybridized carbons (Fsp3) is 0.400. The molecule has 0 unspecified atom stereocenters. The fourth-order valence-corrected chi connectivity index (χ4v) is 3.23. The summed E-state index contributed by atoms with van der Waals surface area (Å²) in [6, 6.07) is 3.85. The van der Waals surface area contributed by atoms with E-state index in [-0.39, 0.29) is 12.0 Å². The largest absolute Gasteiger partial charge is 0.373 e. The Labute approximate surface area is 127 Å². The molecule has 21 heavy (non-hydrogen) atoms. The maximum atomic E-state index is 12.1. The number of rotatable bonds is 4. The van der Waals surface area contributed by atoms with Gasteiger partial charge in [0.05, 0.1) is 35.1 Å². The smallest absolute Gasteiger partial charge is 0.261 e. The SMILES string of the molecule is Cc1cnc(CNC(=O)c2ccc([C@@H]3CCCO3)s2)cn1. The molecular weight excluding hydrogens is 286 g/mol. The van der Waals surface area contributed by atoms with Gasteiger partial charge in [0.15, 0.2) is 0 Å². The van der Waals surface area contributed by atoms with Crippen LogP contribution in [0.15, 0.2) is 24.5 Å². The summed E-state index contributed by atoms with van der Waals surface area (Å²) >= 11 is 1.50. The number of hydrogen-bond acceptors (Lipinski definition) is 5. The molecule has 2 aromatic rings. The van der Waals surface area contributed by atoms with Crippen LogP contribution in [0.25, 0.3) is 0 Å². The lowest BCUT2D eigenvalue weighted by Gasteiger charge is -2.05. The van der Waals surface area contributed by atoms with Crippen molar-refractivity contribution < 1.29 is 9.53 Å². The van der Waals surface area contributed by atoms with Crippen molar-refractivity contribution in [3.63, 3.8) is 0 Å². The van der Waals surface area contributed by atoms with Crippen molar-refractivity contribution in [2.45, 2.75) is 32.4 Å². The first-order valence-electron chi connectivity index (χ1n) is 6.99. The predicted molar refractivity (Wildman–Crippen MR) is 80.2 cm³/mol. The van der Waals surface area contributed by atoms with E-state index >= 15 is 0 Å². The van der Waals surface area contributed by atoms with Gasteiger partial charge in [0.1, 0.15) is 0 Å². The van der Waals surface area contributed by atoms with E-state index in [1.807, 2.05) is 19.1 Å². The van der Waals surface area contributed by atoms with Crippen molar-refractivity contribution in [3.8, 4) is 0 Å². The molecule has 110 valence electrons. The van der Waals surface area contributed by atoms with Gasteiger partial charge < -0.3 is 10.1 Å². The van der Waals surface area contributed by atoms with Gasteiger partial charge in [-0.1, -0.05) is 0 Å². The Balaban J connectivity index is 1.59. The maximum Gasteiger partial charge on any atom is 0.261 e. The van der Waals surface area contributed by atoms with Crippen LogP contribution in [0, 0.1) is 6.92 Å². The van der Waals surface area contributed by atoms with Gasteiger partial charge in [0, 0.05) is 17.7 Å². The minimum Gasteiger partial charge on any atom is -0.373 e. The van der Waals surface area contributed by atoms with Crippen LogP contribution in [-0.4, -0.2) is 22.5 Å². The molecule has 0 aliphatic carbocycles. The molecule has 0 saturated carbocycles. The zero-order valence-electron chi connectivity index (χ0n) is 11.8. The first kappa shape index (κ1) is 14.2. The summed E-state index contributed by atoms with van der Waals surface area (Å²) in [6.45, 7) is 3.09. The zero-order valence-corrected chi connectivity index (χ0v) is 12.7. The highest BCUT2D eigenvalue weighted by Crippen LogP contribution is 2.33. The minimum absolute atomic E-state index is 0.0772. The molecule has 1 atom stereocenters. The van der Waals surface area contributed by atoms with Gasteiger partial charge in [-0.2, -0.15) is 0 Å². The standard InChI is InChI=1S/C15H17N3O2S/c1-10-7-17-11(8-16-10)9-18-15(19)14-5-4-13(21-14)12-3-2-6-20-12/h4-5,7-8,12H,2-3,6,9H2,1H3,(H,18,19)/t12-/m0/s1. The number of nitrogens with zero attached hydrogens (tertiary/aromatic N) is 2. The third-order valence-electron chi connectivity index (χ3n) is 3.36. The highest BCUT2D eigenvalue weighted by molar-refractivity contribution is 7.14. The summed E-state index contributed by atoms with van der Waals surface area (Å²) in [5.74, 6) is -0.0772.